The summed E-state index contributed by atoms with van der Waals surface area (Å²) in [6.07, 6.45) is 0.747. The molecule has 2 aromatic carbocycles. The molecular weight excluding hydrogens is 322 g/mol. The number of carboxylic acids is 1. The van der Waals surface area contributed by atoms with Gasteiger partial charge in [0, 0.05) is 12.0 Å². The van der Waals surface area contributed by atoms with Gasteiger partial charge in [-0.05, 0) is 37.1 Å². The van der Waals surface area contributed by atoms with Crippen molar-refractivity contribution in [1.82, 2.24) is 0 Å². The quantitative estimate of drug-likeness (QED) is 0.839. The number of methoxy groups -OCH3 is 1. The summed E-state index contributed by atoms with van der Waals surface area (Å²) in [6, 6.07) is 14.5. The van der Waals surface area contributed by atoms with E-state index in [0.29, 0.717) is 35.8 Å². The number of carbonyl (C=O) groups is 2. The first-order valence-corrected chi connectivity index (χ1v) is 8.01. The molecule has 1 amide bonds. The summed E-state index contributed by atoms with van der Waals surface area (Å²) in [7, 11) is 1.51. The number of anilines is 1. The van der Waals surface area contributed by atoms with E-state index in [4.69, 9.17) is 14.6 Å². The van der Waals surface area contributed by atoms with Gasteiger partial charge >= 0.3 is 5.97 Å². The maximum absolute atomic E-state index is 12.2. The third kappa shape index (κ3) is 3.91. The van der Waals surface area contributed by atoms with E-state index in [0.717, 1.165) is 0 Å². The fourth-order valence-corrected chi connectivity index (χ4v) is 2.73. The molecule has 0 saturated heterocycles. The molecule has 0 spiro atoms. The number of amides is 1. The Morgan fingerprint density at radius 3 is 2.40 bits per heavy atom. The van der Waals surface area contributed by atoms with E-state index in [-0.39, 0.29) is 11.8 Å². The molecule has 1 aliphatic carbocycles. The van der Waals surface area contributed by atoms with Crippen molar-refractivity contribution in [2.24, 2.45) is 11.8 Å². The molecule has 1 saturated carbocycles. The normalized spacial score (nSPS) is 18.8. The Morgan fingerprint density at radius 1 is 1.04 bits per heavy atom. The highest BCUT2D eigenvalue weighted by Crippen LogP contribution is 2.36. The molecule has 130 valence electrons. The number of ether oxygens (including phenoxy) is 2. The first kappa shape index (κ1) is 16.8. The van der Waals surface area contributed by atoms with Gasteiger partial charge in [-0.25, -0.2) is 0 Å². The van der Waals surface area contributed by atoms with Crippen LogP contribution >= 0.6 is 0 Å². The molecule has 2 N–H and O–H groups in total. The van der Waals surface area contributed by atoms with Crippen LogP contribution in [0.1, 0.15) is 12.8 Å². The van der Waals surface area contributed by atoms with E-state index in [9.17, 15) is 9.59 Å². The molecule has 1 aliphatic rings. The molecule has 0 aromatic heterocycles. The Labute approximate surface area is 145 Å². The zero-order valence-corrected chi connectivity index (χ0v) is 13.8. The van der Waals surface area contributed by atoms with E-state index in [1.165, 1.54) is 7.11 Å². The van der Waals surface area contributed by atoms with E-state index in [1.54, 1.807) is 18.2 Å². The minimum atomic E-state index is -0.843. The lowest BCUT2D eigenvalue weighted by Gasteiger charge is -2.31. The van der Waals surface area contributed by atoms with Crippen LogP contribution in [0, 0.1) is 11.8 Å². The van der Waals surface area contributed by atoms with E-state index in [2.05, 4.69) is 5.32 Å². The number of hydrogen-bond donors (Lipinski definition) is 2. The van der Waals surface area contributed by atoms with Gasteiger partial charge in [-0.15, -0.1) is 0 Å². The summed E-state index contributed by atoms with van der Waals surface area (Å²) in [5.41, 5.74) is 0.534. The van der Waals surface area contributed by atoms with Crippen molar-refractivity contribution < 1.29 is 24.2 Å². The summed E-state index contributed by atoms with van der Waals surface area (Å²) in [4.78, 5) is 23.0. The Morgan fingerprint density at radius 2 is 1.76 bits per heavy atom. The second kappa shape index (κ2) is 7.25. The lowest BCUT2D eigenvalue weighted by atomic mass is 9.74. The van der Waals surface area contributed by atoms with Crippen LogP contribution in [0.2, 0.25) is 0 Å². The summed E-state index contributed by atoms with van der Waals surface area (Å²) >= 11 is 0. The van der Waals surface area contributed by atoms with Gasteiger partial charge in [0.05, 0.1) is 18.7 Å². The minimum Gasteiger partial charge on any atom is -0.494 e. The molecule has 1 fully saturated rings. The molecule has 2 aromatic rings. The predicted molar refractivity (Wildman–Crippen MR) is 92.0 cm³/mol. The highest BCUT2D eigenvalue weighted by molar-refractivity contribution is 5.95. The maximum atomic E-state index is 12.2. The largest absolute Gasteiger partial charge is 0.494 e. The molecule has 25 heavy (non-hydrogen) atoms. The lowest BCUT2D eigenvalue weighted by molar-refractivity contribution is -0.147. The topological polar surface area (TPSA) is 84.9 Å². The number of carboxylic acid groups (broad SMARTS) is 1. The molecule has 6 heteroatoms. The zero-order chi connectivity index (χ0) is 17.8. The average molecular weight is 341 g/mol. The Hall–Kier alpha value is -3.02. The van der Waals surface area contributed by atoms with Crippen LogP contribution in [-0.2, 0) is 9.59 Å². The number of nitrogens with one attached hydrogen (secondary N) is 1. The smallest absolute Gasteiger partial charge is 0.306 e. The van der Waals surface area contributed by atoms with E-state index < -0.39 is 11.9 Å². The van der Waals surface area contributed by atoms with E-state index >= 15 is 0 Å². The monoisotopic (exact) mass is 341 g/mol. The SMILES string of the molecule is COc1cc(Oc2ccccc2)ccc1NC(=O)C1CC(C(=O)O)C1. The molecule has 3 rings (SSSR count). The van der Waals surface area contributed by atoms with Gasteiger partial charge < -0.3 is 19.9 Å². The third-order valence-electron chi connectivity index (χ3n) is 4.27. The summed E-state index contributed by atoms with van der Waals surface area (Å²) < 4.78 is 11.1. The van der Waals surface area contributed by atoms with Crippen molar-refractivity contribution in [2.75, 3.05) is 12.4 Å². The second-order valence-electron chi connectivity index (χ2n) is 5.97. The highest BCUT2D eigenvalue weighted by Gasteiger charge is 2.38. The minimum absolute atomic E-state index is 0.187. The standard InChI is InChI=1S/C19H19NO5/c1-24-17-11-15(25-14-5-3-2-4-6-14)7-8-16(17)20-18(21)12-9-13(10-12)19(22)23/h2-8,11-13H,9-10H2,1H3,(H,20,21)(H,22,23). The summed E-state index contributed by atoms with van der Waals surface area (Å²) in [5, 5.41) is 11.7. The lowest BCUT2D eigenvalue weighted by Crippen LogP contribution is -2.38. The van der Waals surface area contributed by atoms with Crippen LogP contribution < -0.4 is 14.8 Å². The highest BCUT2D eigenvalue weighted by atomic mass is 16.5. The summed E-state index contributed by atoms with van der Waals surface area (Å²) in [6.45, 7) is 0. The number of para-hydroxylation sites is 1. The van der Waals surface area contributed by atoms with Gasteiger partial charge in [0.1, 0.15) is 17.2 Å². The Kier molecular flexibility index (Phi) is 4.88. The maximum Gasteiger partial charge on any atom is 0.306 e. The van der Waals surface area contributed by atoms with Gasteiger partial charge in [-0.3, -0.25) is 9.59 Å². The van der Waals surface area contributed by atoms with Crippen molar-refractivity contribution in [1.29, 1.82) is 0 Å². The number of aliphatic carboxylic acids is 1. The summed E-state index contributed by atoms with van der Waals surface area (Å²) in [5.74, 6) is 0.0592. The first-order chi connectivity index (χ1) is 12.1. The Balaban J connectivity index is 1.66. The van der Waals surface area contributed by atoms with Crippen LogP contribution in [0.5, 0.6) is 17.2 Å². The van der Waals surface area contributed by atoms with Gasteiger partial charge in [0.15, 0.2) is 0 Å². The van der Waals surface area contributed by atoms with Gasteiger partial charge in [-0.1, -0.05) is 18.2 Å². The number of carbonyl (C=O) groups excluding carboxylic acids is 1. The van der Waals surface area contributed by atoms with Gasteiger partial charge in [0.25, 0.3) is 0 Å². The molecule has 6 nitrogen and oxygen atoms in total. The van der Waals surface area contributed by atoms with E-state index in [1.807, 2.05) is 30.3 Å². The van der Waals surface area contributed by atoms with Crippen LogP contribution in [0.15, 0.2) is 48.5 Å². The first-order valence-electron chi connectivity index (χ1n) is 8.01. The third-order valence-corrected chi connectivity index (χ3v) is 4.27. The fourth-order valence-electron chi connectivity index (χ4n) is 2.73. The molecule has 0 unspecified atom stereocenters. The number of rotatable bonds is 6. The van der Waals surface area contributed by atoms with Crippen LogP contribution in [0.3, 0.4) is 0 Å². The zero-order valence-electron chi connectivity index (χ0n) is 13.8. The van der Waals surface area contributed by atoms with Crippen LogP contribution in [-0.4, -0.2) is 24.1 Å². The molecule has 0 radical (unpaired) electrons. The van der Waals surface area contributed by atoms with Crippen molar-refractivity contribution >= 4 is 17.6 Å². The molecule has 0 bridgehead atoms. The molecule has 0 heterocycles. The fraction of sp³-hybridized carbons (Fsp3) is 0.263. The van der Waals surface area contributed by atoms with Gasteiger partial charge in [0.2, 0.25) is 5.91 Å². The average Bonchev–Trinajstić information content (AvgIpc) is 2.55. The van der Waals surface area contributed by atoms with Crippen molar-refractivity contribution in [3.8, 4) is 17.2 Å². The predicted octanol–water partition coefficient (Wildman–Crippen LogP) is 3.54. The Bertz CT molecular complexity index is 769. The van der Waals surface area contributed by atoms with Crippen molar-refractivity contribution in [3.05, 3.63) is 48.5 Å². The molecular formula is C19H19NO5. The van der Waals surface area contributed by atoms with Crippen molar-refractivity contribution in [2.45, 2.75) is 12.8 Å². The van der Waals surface area contributed by atoms with Crippen LogP contribution in [0.4, 0.5) is 5.69 Å². The molecule has 0 aliphatic heterocycles. The second-order valence-corrected chi connectivity index (χ2v) is 5.97. The number of benzene rings is 2. The van der Waals surface area contributed by atoms with Crippen LogP contribution in [0.25, 0.3) is 0 Å². The number of hydrogen-bond acceptors (Lipinski definition) is 4. The van der Waals surface area contributed by atoms with Crippen molar-refractivity contribution in [3.63, 3.8) is 0 Å². The molecule has 0 atom stereocenters. The van der Waals surface area contributed by atoms with Gasteiger partial charge in [-0.2, -0.15) is 0 Å².